The summed E-state index contributed by atoms with van der Waals surface area (Å²) in [5.41, 5.74) is 2.48. The molecule has 0 bridgehead atoms. The molecule has 5 heteroatoms. The number of carbonyl (C=O) groups is 1. The normalized spacial score (nSPS) is 13.8. The number of hydrogen-bond acceptors (Lipinski definition) is 4. The van der Waals surface area contributed by atoms with Crippen LogP contribution >= 0.6 is 0 Å². The number of rotatable bonds is 2. The summed E-state index contributed by atoms with van der Waals surface area (Å²) in [6.45, 7) is 0.0725. The molecule has 0 radical (unpaired) electrons. The largest absolute Gasteiger partial charge is 0.482 e. The average molecular weight is 253 g/mol. The Bertz CT molecular complexity index is 638. The molecule has 0 atom stereocenters. The smallest absolute Gasteiger partial charge is 0.262 e. The monoisotopic (exact) mass is 253 g/mol. The SMILES string of the molecule is O=C1COc2ccc(/C=C/c3ccncn3)cc2N1. The van der Waals surface area contributed by atoms with E-state index in [0.29, 0.717) is 11.4 Å². The van der Waals surface area contributed by atoms with Crippen LogP contribution in [-0.2, 0) is 4.79 Å². The Labute approximate surface area is 110 Å². The molecule has 19 heavy (non-hydrogen) atoms. The van der Waals surface area contributed by atoms with Gasteiger partial charge in [-0.25, -0.2) is 9.97 Å². The Hall–Kier alpha value is -2.69. The van der Waals surface area contributed by atoms with Gasteiger partial charge in [-0.2, -0.15) is 0 Å². The van der Waals surface area contributed by atoms with E-state index in [1.807, 2.05) is 36.4 Å². The van der Waals surface area contributed by atoms with E-state index in [2.05, 4.69) is 15.3 Å². The van der Waals surface area contributed by atoms with E-state index >= 15 is 0 Å². The number of benzene rings is 1. The van der Waals surface area contributed by atoms with Crippen molar-refractivity contribution in [3.63, 3.8) is 0 Å². The van der Waals surface area contributed by atoms with Crippen LogP contribution < -0.4 is 10.1 Å². The Morgan fingerprint density at radius 3 is 3.05 bits per heavy atom. The van der Waals surface area contributed by atoms with Crippen molar-refractivity contribution in [3.05, 3.63) is 48.0 Å². The molecule has 2 aromatic rings. The van der Waals surface area contributed by atoms with E-state index in [9.17, 15) is 4.79 Å². The van der Waals surface area contributed by atoms with Gasteiger partial charge in [0.15, 0.2) is 6.61 Å². The summed E-state index contributed by atoms with van der Waals surface area (Å²) in [5, 5.41) is 2.78. The number of anilines is 1. The molecule has 0 unspecified atom stereocenters. The van der Waals surface area contributed by atoms with Gasteiger partial charge < -0.3 is 10.1 Å². The van der Waals surface area contributed by atoms with Gasteiger partial charge in [-0.05, 0) is 29.8 Å². The molecule has 0 fully saturated rings. The summed E-state index contributed by atoms with van der Waals surface area (Å²) in [4.78, 5) is 19.2. The first-order valence-corrected chi connectivity index (χ1v) is 5.82. The molecule has 1 aromatic heterocycles. The van der Waals surface area contributed by atoms with Crippen molar-refractivity contribution >= 4 is 23.7 Å². The lowest BCUT2D eigenvalue weighted by atomic mass is 10.1. The molecule has 3 rings (SSSR count). The molecule has 0 saturated carbocycles. The molecule has 5 nitrogen and oxygen atoms in total. The zero-order valence-electron chi connectivity index (χ0n) is 10.0. The first kappa shape index (κ1) is 11.4. The van der Waals surface area contributed by atoms with E-state index in [1.165, 1.54) is 6.33 Å². The van der Waals surface area contributed by atoms with Crippen LogP contribution in [0.5, 0.6) is 5.75 Å². The molecule has 1 aliphatic heterocycles. The van der Waals surface area contributed by atoms with Gasteiger partial charge >= 0.3 is 0 Å². The standard InChI is InChI=1S/C14H11N3O2/c18-14-8-19-13-4-2-10(7-12(13)17-14)1-3-11-5-6-15-9-16-11/h1-7,9H,8H2,(H,17,18)/b3-1+. The van der Waals surface area contributed by atoms with Gasteiger partial charge in [-0.3, -0.25) is 4.79 Å². The van der Waals surface area contributed by atoms with Crippen molar-refractivity contribution in [2.24, 2.45) is 0 Å². The van der Waals surface area contributed by atoms with Crippen molar-refractivity contribution in [2.45, 2.75) is 0 Å². The zero-order chi connectivity index (χ0) is 13.1. The Morgan fingerprint density at radius 2 is 2.21 bits per heavy atom. The van der Waals surface area contributed by atoms with Crippen molar-refractivity contribution in [3.8, 4) is 5.75 Å². The van der Waals surface area contributed by atoms with Crippen LogP contribution in [-0.4, -0.2) is 22.5 Å². The van der Waals surface area contributed by atoms with Crippen molar-refractivity contribution in [2.75, 3.05) is 11.9 Å². The van der Waals surface area contributed by atoms with Gasteiger partial charge in [0.05, 0.1) is 11.4 Å². The number of fused-ring (bicyclic) bond motifs is 1. The molecule has 0 aliphatic carbocycles. The van der Waals surface area contributed by atoms with E-state index in [-0.39, 0.29) is 12.5 Å². The predicted octanol–water partition coefficient (Wildman–Crippen LogP) is 1.98. The fourth-order valence-electron chi connectivity index (χ4n) is 1.79. The second-order valence-corrected chi connectivity index (χ2v) is 4.06. The first-order chi connectivity index (χ1) is 9.31. The van der Waals surface area contributed by atoms with Crippen LogP contribution in [0.25, 0.3) is 12.2 Å². The number of aromatic nitrogens is 2. The summed E-state index contributed by atoms with van der Waals surface area (Å²) in [6, 6.07) is 7.45. The predicted molar refractivity (Wildman–Crippen MR) is 71.5 cm³/mol. The summed E-state index contributed by atoms with van der Waals surface area (Å²) < 4.78 is 5.30. The van der Waals surface area contributed by atoms with Crippen LogP contribution in [0.3, 0.4) is 0 Å². The number of amides is 1. The quantitative estimate of drug-likeness (QED) is 0.888. The lowest BCUT2D eigenvalue weighted by Gasteiger charge is -2.17. The van der Waals surface area contributed by atoms with Gasteiger partial charge in [0.1, 0.15) is 12.1 Å². The molecule has 1 aromatic carbocycles. The van der Waals surface area contributed by atoms with Crippen LogP contribution in [0.1, 0.15) is 11.3 Å². The van der Waals surface area contributed by atoms with Crippen LogP contribution in [0.15, 0.2) is 36.8 Å². The maximum absolute atomic E-state index is 11.2. The second kappa shape index (κ2) is 4.89. The molecule has 1 aliphatic rings. The number of nitrogens with one attached hydrogen (secondary N) is 1. The maximum atomic E-state index is 11.2. The molecule has 0 spiro atoms. The number of nitrogens with zero attached hydrogens (tertiary/aromatic N) is 2. The topological polar surface area (TPSA) is 64.1 Å². The highest BCUT2D eigenvalue weighted by Crippen LogP contribution is 2.28. The highest BCUT2D eigenvalue weighted by atomic mass is 16.5. The average Bonchev–Trinajstić information content (AvgIpc) is 2.46. The minimum Gasteiger partial charge on any atom is -0.482 e. The van der Waals surface area contributed by atoms with Crippen molar-refractivity contribution in [1.29, 1.82) is 0 Å². The minimum atomic E-state index is -0.135. The summed E-state index contributed by atoms with van der Waals surface area (Å²) in [6.07, 6.45) is 6.99. The maximum Gasteiger partial charge on any atom is 0.262 e. The lowest BCUT2D eigenvalue weighted by molar-refractivity contribution is -0.118. The zero-order valence-corrected chi connectivity index (χ0v) is 10.0. The molecule has 1 N–H and O–H groups in total. The lowest BCUT2D eigenvalue weighted by Crippen LogP contribution is -2.25. The third kappa shape index (κ3) is 2.60. The first-order valence-electron chi connectivity index (χ1n) is 5.82. The molecule has 2 heterocycles. The van der Waals surface area contributed by atoms with Crippen LogP contribution in [0.4, 0.5) is 5.69 Å². The van der Waals surface area contributed by atoms with Crippen molar-refractivity contribution in [1.82, 2.24) is 9.97 Å². The summed E-state index contributed by atoms with van der Waals surface area (Å²) in [7, 11) is 0. The molecular weight excluding hydrogens is 242 g/mol. The van der Waals surface area contributed by atoms with Crippen LogP contribution in [0.2, 0.25) is 0 Å². The Kier molecular flexibility index (Phi) is 2.94. The Morgan fingerprint density at radius 1 is 1.26 bits per heavy atom. The molecule has 1 amide bonds. The third-order valence-corrected chi connectivity index (χ3v) is 2.69. The van der Waals surface area contributed by atoms with Gasteiger partial charge in [0, 0.05) is 6.20 Å². The second-order valence-electron chi connectivity index (χ2n) is 4.06. The van der Waals surface area contributed by atoms with Gasteiger partial charge in [0.2, 0.25) is 0 Å². The number of ether oxygens (including phenoxy) is 1. The van der Waals surface area contributed by atoms with E-state index in [0.717, 1.165) is 11.3 Å². The highest BCUT2D eigenvalue weighted by molar-refractivity contribution is 5.95. The van der Waals surface area contributed by atoms with Gasteiger partial charge in [-0.15, -0.1) is 0 Å². The fraction of sp³-hybridized carbons (Fsp3) is 0.0714. The van der Waals surface area contributed by atoms with Crippen molar-refractivity contribution < 1.29 is 9.53 Å². The van der Waals surface area contributed by atoms with E-state index in [4.69, 9.17) is 4.74 Å². The fourth-order valence-corrected chi connectivity index (χ4v) is 1.79. The van der Waals surface area contributed by atoms with Crippen LogP contribution in [0, 0.1) is 0 Å². The Balaban J connectivity index is 1.84. The number of hydrogen-bond donors (Lipinski definition) is 1. The highest BCUT2D eigenvalue weighted by Gasteiger charge is 2.15. The molecule has 0 saturated heterocycles. The summed E-state index contributed by atoms with van der Waals surface area (Å²) >= 11 is 0. The molecule has 94 valence electrons. The molecular formula is C14H11N3O2. The number of carbonyl (C=O) groups excluding carboxylic acids is 1. The van der Waals surface area contributed by atoms with E-state index < -0.39 is 0 Å². The van der Waals surface area contributed by atoms with Gasteiger partial charge in [-0.1, -0.05) is 12.1 Å². The van der Waals surface area contributed by atoms with Gasteiger partial charge in [0.25, 0.3) is 5.91 Å². The summed E-state index contributed by atoms with van der Waals surface area (Å²) in [5.74, 6) is 0.559. The minimum absolute atomic E-state index is 0.0725. The third-order valence-electron chi connectivity index (χ3n) is 2.69. The van der Waals surface area contributed by atoms with E-state index in [1.54, 1.807) is 6.20 Å².